The zero-order valence-corrected chi connectivity index (χ0v) is 23.8. The van der Waals surface area contributed by atoms with Gasteiger partial charge < -0.3 is 19.8 Å². The standard InChI is InChI=1S/C33H27N3O6S/c1-36(29(33(38)39)18-24-20-34-28-8-4-3-7-27(24)28)43(40,41)26-16-12-22(13-17-26)21-10-14-25(15-11-21)35-32(37)31-19-23-6-2-5-9-30(23)42-31/h2-17,19-20,29,34H,18H2,1H3,(H,35,37)(H,38,39)/t29-/m0/s1. The maximum atomic E-state index is 13.4. The van der Waals surface area contributed by atoms with Gasteiger partial charge in [-0.25, -0.2) is 8.42 Å². The van der Waals surface area contributed by atoms with Crippen LogP contribution in [0.4, 0.5) is 5.69 Å². The number of nitrogens with one attached hydrogen (secondary N) is 2. The molecular formula is C33H27N3O6S. The fourth-order valence-corrected chi connectivity index (χ4v) is 6.38. The van der Waals surface area contributed by atoms with E-state index in [2.05, 4.69) is 10.3 Å². The van der Waals surface area contributed by atoms with Gasteiger partial charge >= 0.3 is 5.97 Å². The summed E-state index contributed by atoms with van der Waals surface area (Å²) in [6.07, 6.45) is 1.72. The largest absolute Gasteiger partial charge is 0.480 e. The number of aliphatic carboxylic acids is 1. The van der Waals surface area contributed by atoms with Gasteiger partial charge in [0, 0.05) is 41.6 Å². The number of para-hydroxylation sites is 2. The van der Waals surface area contributed by atoms with Crippen LogP contribution in [-0.4, -0.2) is 47.8 Å². The van der Waals surface area contributed by atoms with Crippen LogP contribution in [0.3, 0.4) is 0 Å². The number of carbonyl (C=O) groups is 2. The summed E-state index contributed by atoms with van der Waals surface area (Å²) in [4.78, 5) is 27.9. The van der Waals surface area contributed by atoms with E-state index in [1.165, 1.54) is 19.2 Å². The Labute approximate surface area is 247 Å². The molecule has 6 aromatic rings. The Balaban J connectivity index is 1.16. The van der Waals surface area contributed by atoms with Crippen LogP contribution in [0.15, 0.2) is 119 Å². The van der Waals surface area contributed by atoms with Crippen LogP contribution in [0, 0.1) is 0 Å². The highest BCUT2D eigenvalue weighted by molar-refractivity contribution is 7.89. The molecule has 9 nitrogen and oxygen atoms in total. The molecule has 10 heteroatoms. The predicted molar refractivity (Wildman–Crippen MR) is 164 cm³/mol. The van der Waals surface area contributed by atoms with Crippen LogP contribution in [0.5, 0.6) is 0 Å². The number of hydrogen-bond donors (Lipinski definition) is 3. The fourth-order valence-electron chi connectivity index (χ4n) is 5.07. The number of rotatable bonds is 9. The minimum Gasteiger partial charge on any atom is -0.480 e. The molecular weight excluding hydrogens is 566 g/mol. The Morgan fingerprint density at radius 1 is 0.907 bits per heavy atom. The van der Waals surface area contributed by atoms with Crippen molar-refractivity contribution in [2.24, 2.45) is 0 Å². The molecule has 1 atom stereocenters. The van der Waals surface area contributed by atoms with Crippen molar-refractivity contribution in [1.82, 2.24) is 9.29 Å². The molecule has 43 heavy (non-hydrogen) atoms. The second-order valence-corrected chi connectivity index (χ2v) is 12.1. The minimum absolute atomic E-state index is 0.00634. The van der Waals surface area contributed by atoms with E-state index in [-0.39, 0.29) is 23.0 Å². The fraction of sp³-hybridized carbons (Fsp3) is 0.0909. The average Bonchev–Trinajstić information content (AvgIpc) is 3.64. The maximum absolute atomic E-state index is 13.4. The number of hydrogen-bond acceptors (Lipinski definition) is 5. The van der Waals surface area contributed by atoms with E-state index in [0.29, 0.717) is 11.3 Å². The number of fused-ring (bicyclic) bond motifs is 2. The molecule has 0 bridgehead atoms. The highest BCUT2D eigenvalue weighted by Crippen LogP contribution is 2.27. The summed E-state index contributed by atoms with van der Waals surface area (Å²) < 4.78 is 33.4. The SMILES string of the molecule is CN([C@@H](Cc1c[nH]c2ccccc12)C(=O)O)S(=O)(=O)c1ccc(-c2ccc(NC(=O)c3cc4ccccc4o3)cc2)cc1. The van der Waals surface area contributed by atoms with Crippen LogP contribution < -0.4 is 5.32 Å². The van der Waals surface area contributed by atoms with E-state index in [0.717, 1.165) is 37.3 Å². The van der Waals surface area contributed by atoms with E-state index in [4.69, 9.17) is 4.42 Å². The van der Waals surface area contributed by atoms with Gasteiger partial charge in [0.1, 0.15) is 11.6 Å². The molecule has 0 unspecified atom stereocenters. The highest BCUT2D eigenvalue weighted by atomic mass is 32.2. The lowest BCUT2D eigenvalue weighted by Crippen LogP contribution is -2.43. The Kier molecular flexibility index (Phi) is 7.31. The lowest BCUT2D eigenvalue weighted by atomic mass is 10.1. The third-order valence-corrected chi connectivity index (χ3v) is 9.35. The molecule has 0 saturated heterocycles. The quantitative estimate of drug-likeness (QED) is 0.184. The van der Waals surface area contributed by atoms with Crippen molar-refractivity contribution < 1.29 is 27.5 Å². The second-order valence-electron chi connectivity index (χ2n) is 10.1. The van der Waals surface area contributed by atoms with Gasteiger partial charge in [0.15, 0.2) is 5.76 Å². The molecule has 0 aliphatic heterocycles. The van der Waals surface area contributed by atoms with Crippen LogP contribution in [0.25, 0.3) is 33.0 Å². The maximum Gasteiger partial charge on any atom is 0.322 e. The van der Waals surface area contributed by atoms with Crippen LogP contribution >= 0.6 is 0 Å². The number of carbonyl (C=O) groups excluding carboxylic acids is 1. The third kappa shape index (κ3) is 5.53. The van der Waals surface area contributed by atoms with Crippen molar-refractivity contribution in [2.45, 2.75) is 17.4 Å². The van der Waals surface area contributed by atoms with Gasteiger partial charge in [0.2, 0.25) is 10.0 Å². The summed E-state index contributed by atoms with van der Waals surface area (Å²) in [5.41, 5.74) is 4.34. The number of aromatic amines is 1. The summed E-state index contributed by atoms with van der Waals surface area (Å²) in [5.74, 6) is -1.40. The van der Waals surface area contributed by atoms with Crippen molar-refractivity contribution in [3.63, 3.8) is 0 Å². The summed E-state index contributed by atoms with van der Waals surface area (Å²) in [6, 6.07) is 28.6. The topological polar surface area (TPSA) is 133 Å². The Morgan fingerprint density at radius 3 is 2.26 bits per heavy atom. The summed E-state index contributed by atoms with van der Waals surface area (Å²) in [5, 5.41) is 14.5. The molecule has 6 rings (SSSR count). The highest BCUT2D eigenvalue weighted by Gasteiger charge is 2.33. The lowest BCUT2D eigenvalue weighted by molar-refractivity contribution is -0.141. The normalized spacial score (nSPS) is 12.5. The number of amides is 1. The smallest absolute Gasteiger partial charge is 0.322 e. The lowest BCUT2D eigenvalue weighted by Gasteiger charge is -2.24. The Hall–Kier alpha value is -5.19. The second kappa shape index (κ2) is 11.2. The first-order chi connectivity index (χ1) is 20.7. The number of H-pyrrole nitrogens is 1. The molecule has 2 aromatic heterocycles. The first-order valence-corrected chi connectivity index (χ1v) is 14.9. The van der Waals surface area contributed by atoms with Crippen molar-refractivity contribution >= 4 is 49.5 Å². The Morgan fingerprint density at radius 2 is 1.56 bits per heavy atom. The van der Waals surface area contributed by atoms with Crippen LogP contribution in [0.1, 0.15) is 16.1 Å². The van der Waals surface area contributed by atoms with E-state index in [1.807, 2.05) is 54.6 Å². The zero-order chi connectivity index (χ0) is 30.1. The summed E-state index contributed by atoms with van der Waals surface area (Å²) in [7, 11) is -2.82. The molecule has 0 radical (unpaired) electrons. The first-order valence-electron chi connectivity index (χ1n) is 13.5. The molecule has 0 spiro atoms. The minimum atomic E-state index is -4.11. The molecule has 3 N–H and O–H groups in total. The molecule has 0 aliphatic rings. The number of benzene rings is 4. The van der Waals surface area contributed by atoms with Gasteiger partial charge in [-0.15, -0.1) is 0 Å². The van der Waals surface area contributed by atoms with Crippen molar-refractivity contribution in [3.8, 4) is 11.1 Å². The number of carboxylic acids is 1. The van der Waals surface area contributed by atoms with Gasteiger partial charge in [0.05, 0.1) is 4.90 Å². The molecule has 0 saturated carbocycles. The molecule has 1 amide bonds. The van der Waals surface area contributed by atoms with Crippen LogP contribution in [0.2, 0.25) is 0 Å². The molecule has 0 fully saturated rings. The molecule has 0 aliphatic carbocycles. The van der Waals surface area contributed by atoms with Gasteiger partial charge in [0.25, 0.3) is 5.91 Å². The van der Waals surface area contributed by atoms with Gasteiger partial charge in [-0.2, -0.15) is 4.31 Å². The van der Waals surface area contributed by atoms with Gasteiger partial charge in [-0.3, -0.25) is 9.59 Å². The van der Waals surface area contributed by atoms with Crippen molar-refractivity contribution in [1.29, 1.82) is 0 Å². The molecule has 216 valence electrons. The number of nitrogens with zero attached hydrogens (tertiary/aromatic N) is 1. The van der Waals surface area contributed by atoms with E-state index in [9.17, 15) is 23.1 Å². The average molecular weight is 594 g/mol. The van der Waals surface area contributed by atoms with Gasteiger partial charge in [-0.1, -0.05) is 60.7 Å². The van der Waals surface area contributed by atoms with Gasteiger partial charge in [-0.05, 0) is 59.2 Å². The molecule has 2 heterocycles. The predicted octanol–water partition coefficient (Wildman–Crippen LogP) is 6.15. The monoisotopic (exact) mass is 593 g/mol. The van der Waals surface area contributed by atoms with E-state index < -0.39 is 22.0 Å². The van der Waals surface area contributed by atoms with E-state index >= 15 is 0 Å². The van der Waals surface area contributed by atoms with Crippen molar-refractivity contribution in [2.75, 3.05) is 12.4 Å². The zero-order valence-electron chi connectivity index (χ0n) is 23.0. The van der Waals surface area contributed by atoms with Crippen molar-refractivity contribution in [3.05, 3.63) is 121 Å². The Bertz CT molecular complexity index is 2030. The summed E-state index contributed by atoms with van der Waals surface area (Å²) in [6.45, 7) is 0. The van der Waals surface area contributed by atoms with E-state index in [1.54, 1.807) is 42.6 Å². The third-order valence-electron chi connectivity index (χ3n) is 7.47. The number of likely N-dealkylation sites (N-methyl/N-ethyl adjacent to an activating group) is 1. The summed E-state index contributed by atoms with van der Waals surface area (Å²) >= 11 is 0. The number of anilines is 1. The number of sulfonamides is 1. The first kappa shape index (κ1) is 28.0. The number of furan rings is 1. The number of carboxylic acid groups (broad SMARTS) is 1. The van der Waals surface area contributed by atoms with Crippen LogP contribution in [-0.2, 0) is 21.2 Å². The molecule has 4 aromatic carbocycles. The number of aromatic nitrogens is 1.